The molecule has 0 fully saturated rings. The zero-order valence-electron chi connectivity index (χ0n) is 11.2. The Morgan fingerprint density at radius 2 is 1.71 bits per heavy atom. The minimum Gasteiger partial charge on any atom is -0.407 e. The Labute approximate surface area is 101 Å². The van der Waals surface area contributed by atoms with Crippen LogP contribution in [0.2, 0.25) is 0 Å². The summed E-state index contributed by atoms with van der Waals surface area (Å²) in [6.07, 6.45) is 0. The maximum Gasteiger partial charge on any atom is 0.323 e. The summed E-state index contributed by atoms with van der Waals surface area (Å²) in [5.41, 5.74) is -0.537. The monoisotopic (exact) mass is 240 g/mol. The molecule has 1 aromatic heterocycles. The SMILES string of the molecule is CC(C)(C)NC(=O)Nc1nnc(C(C)(C)C)o1. The lowest BCUT2D eigenvalue weighted by Gasteiger charge is -2.19. The van der Waals surface area contributed by atoms with E-state index in [4.69, 9.17) is 4.42 Å². The van der Waals surface area contributed by atoms with Gasteiger partial charge in [-0.05, 0) is 20.8 Å². The summed E-state index contributed by atoms with van der Waals surface area (Å²) in [5.74, 6) is 0.489. The molecule has 0 radical (unpaired) electrons. The molecule has 6 heteroatoms. The van der Waals surface area contributed by atoms with Gasteiger partial charge < -0.3 is 9.73 Å². The number of hydrogen-bond donors (Lipinski definition) is 2. The molecule has 0 saturated carbocycles. The topological polar surface area (TPSA) is 80.0 Å². The summed E-state index contributed by atoms with van der Waals surface area (Å²) >= 11 is 0. The van der Waals surface area contributed by atoms with E-state index in [9.17, 15) is 4.79 Å². The summed E-state index contributed by atoms with van der Waals surface area (Å²) in [4.78, 5) is 11.5. The van der Waals surface area contributed by atoms with Crippen molar-refractivity contribution in [1.82, 2.24) is 15.5 Å². The zero-order valence-corrected chi connectivity index (χ0v) is 11.2. The number of urea groups is 1. The molecule has 0 aliphatic carbocycles. The summed E-state index contributed by atoms with van der Waals surface area (Å²) in [5, 5.41) is 12.9. The van der Waals surface area contributed by atoms with Crippen LogP contribution in [0.25, 0.3) is 0 Å². The van der Waals surface area contributed by atoms with E-state index in [0.29, 0.717) is 5.89 Å². The normalized spacial score (nSPS) is 12.4. The molecule has 1 rings (SSSR count). The second-order valence-electron chi connectivity index (χ2n) is 5.99. The van der Waals surface area contributed by atoms with Crippen molar-refractivity contribution in [2.75, 3.05) is 5.32 Å². The fourth-order valence-corrected chi connectivity index (χ4v) is 1.05. The van der Waals surface area contributed by atoms with Crippen LogP contribution in [0.1, 0.15) is 47.4 Å². The van der Waals surface area contributed by atoms with Crippen LogP contribution in [0.5, 0.6) is 0 Å². The van der Waals surface area contributed by atoms with Gasteiger partial charge in [0.05, 0.1) is 0 Å². The van der Waals surface area contributed by atoms with E-state index >= 15 is 0 Å². The number of carbonyl (C=O) groups excluding carboxylic acids is 1. The third-order valence-corrected chi connectivity index (χ3v) is 1.78. The van der Waals surface area contributed by atoms with Gasteiger partial charge >= 0.3 is 12.0 Å². The number of rotatable bonds is 1. The van der Waals surface area contributed by atoms with E-state index in [1.807, 2.05) is 41.5 Å². The summed E-state index contributed by atoms with van der Waals surface area (Å²) in [7, 11) is 0. The molecular formula is C11H20N4O2. The number of amides is 2. The quantitative estimate of drug-likeness (QED) is 0.789. The smallest absolute Gasteiger partial charge is 0.323 e. The maximum atomic E-state index is 11.5. The lowest BCUT2D eigenvalue weighted by Crippen LogP contribution is -2.43. The van der Waals surface area contributed by atoms with E-state index in [1.165, 1.54) is 0 Å². The van der Waals surface area contributed by atoms with Crippen LogP contribution in [0.4, 0.5) is 10.8 Å². The highest BCUT2D eigenvalue weighted by molar-refractivity contribution is 5.87. The fourth-order valence-electron chi connectivity index (χ4n) is 1.05. The van der Waals surface area contributed by atoms with E-state index in [-0.39, 0.29) is 23.0 Å². The molecule has 1 aromatic rings. The van der Waals surface area contributed by atoms with Crippen molar-refractivity contribution < 1.29 is 9.21 Å². The van der Waals surface area contributed by atoms with Crippen LogP contribution in [-0.4, -0.2) is 21.8 Å². The van der Waals surface area contributed by atoms with E-state index in [2.05, 4.69) is 20.8 Å². The van der Waals surface area contributed by atoms with E-state index in [0.717, 1.165) is 0 Å². The molecule has 0 spiro atoms. The number of anilines is 1. The highest BCUT2D eigenvalue weighted by Crippen LogP contribution is 2.21. The minimum atomic E-state index is -0.360. The molecule has 0 aliphatic heterocycles. The predicted molar refractivity (Wildman–Crippen MR) is 64.9 cm³/mol. The van der Waals surface area contributed by atoms with Crippen molar-refractivity contribution in [3.8, 4) is 0 Å². The molecule has 1 heterocycles. The van der Waals surface area contributed by atoms with Gasteiger partial charge in [-0.1, -0.05) is 25.9 Å². The molecule has 0 aliphatic rings. The first-order valence-electron chi connectivity index (χ1n) is 5.51. The lowest BCUT2D eigenvalue weighted by atomic mass is 9.97. The van der Waals surface area contributed by atoms with Gasteiger partial charge in [0, 0.05) is 11.0 Å². The number of hydrogen-bond acceptors (Lipinski definition) is 4. The second-order valence-corrected chi connectivity index (χ2v) is 5.99. The van der Waals surface area contributed by atoms with Gasteiger partial charge in [-0.15, -0.1) is 5.10 Å². The average molecular weight is 240 g/mol. The molecule has 6 nitrogen and oxygen atoms in total. The molecule has 2 amide bonds. The van der Waals surface area contributed by atoms with Crippen LogP contribution in [-0.2, 0) is 5.41 Å². The third-order valence-electron chi connectivity index (χ3n) is 1.78. The van der Waals surface area contributed by atoms with Gasteiger partial charge in [0.1, 0.15) is 0 Å². The minimum absolute atomic E-state index is 0.108. The van der Waals surface area contributed by atoms with E-state index in [1.54, 1.807) is 0 Å². The van der Waals surface area contributed by atoms with Crippen LogP contribution in [0.3, 0.4) is 0 Å². The lowest BCUT2D eigenvalue weighted by molar-refractivity contribution is 0.243. The predicted octanol–water partition coefficient (Wildman–Crippen LogP) is 2.29. The van der Waals surface area contributed by atoms with Crippen molar-refractivity contribution in [3.05, 3.63) is 5.89 Å². The van der Waals surface area contributed by atoms with Crippen LogP contribution in [0.15, 0.2) is 4.42 Å². The van der Waals surface area contributed by atoms with Gasteiger partial charge in [-0.2, -0.15) is 0 Å². The summed E-state index contributed by atoms with van der Waals surface area (Å²) in [6, 6.07) is -0.252. The van der Waals surface area contributed by atoms with Gasteiger partial charge in [-0.25, -0.2) is 4.79 Å². The van der Waals surface area contributed by atoms with Crippen molar-refractivity contribution in [1.29, 1.82) is 0 Å². The number of nitrogens with one attached hydrogen (secondary N) is 2. The van der Waals surface area contributed by atoms with E-state index < -0.39 is 0 Å². The highest BCUT2D eigenvalue weighted by Gasteiger charge is 2.22. The third kappa shape index (κ3) is 4.42. The first kappa shape index (κ1) is 13.5. The summed E-state index contributed by atoms with van der Waals surface area (Å²) < 4.78 is 5.34. The molecule has 96 valence electrons. The standard InChI is InChI=1S/C11H20N4O2/c1-10(2,3)7-14-15-9(17-7)12-8(16)13-11(4,5)6/h1-6H3,(H2,12,13,15,16). The van der Waals surface area contributed by atoms with Gasteiger partial charge in [0.2, 0.25) is 5.89 Å². The molecular weight excluding hydrogens is 220 g/mol. The molecule has 0 bridgehead atoms. The van der Waals surface area contributed by atoms with Crippen LogP contribution in [0, 0.1) is 0 Å². The maximum absolute atomic E-state index is 11.5. The fraction of sp³-hybridized carbons (Fsp3) is 0.727. The first-order chi connectivity index (χ1) is 7.58. The Kier molecular flexibility index (Phi) is 3.45. The molecule has 0 atom stereocenters. The highest BCUT2D eigenvalue weighted by atomic mass is 16.4. The Balaban J connectivity index is 2.65. The number of aromatic nitrogens is 2. The molecule has 0 saturated heterocycles. The van der Waals surface area contributed by atoms with Crippen molar-refractivity contribution in [2.45, 2.75) is 52.5 Å². The Morgan fingerprint density at radius 3 is 2.12 bits per heavy atom. The Hall–Kier alpha value is -1.59. The first-order valence-corrected chi connectivity index (χ1v) is 5.51. The largest absolute Gasteiger partial charge is 0.407 e. The molecule has 0 unspecified atom stereocenters. The summed E-state index contributed by atoms with van der Waals surface area (Å²) in [6.45, 7) is 11.5. The second kappa shape index (κ2) is 4.35. The zero-order chi connectivity index (χ0) is 13.3. The molecule has 0 aromatic carbocycles. The van der Waals surface area contributed by atoms with Crippen LogP contribution < -0.4 is 10.6 Å². The molecule has 2 N–H and O–H groups in total. The van der Waals surface area contributed by atoms with Crippen molar-refractivity contribution >= 4 is 12.0 Å². The van der Waals surface area contributed by atoms with Gasteiger partial charge in [-0.3, -0.25) is 5.32 Å². The number of nitrogens with zero attached hydrogens (tertiary/aromatic N) is 2. The Bertz CT molecular complexity index is 398. The average Bonchev–Trinajstić information content (AvgIpc) is 2.47. The number of carbonyl (C=O) groups is 1. The van der Waals surface area contributed by atoms with Gasteiger partial charge in [0.15, 0.2) is 0 Å². The van der Waals surface area contributed by atoms with Crippen LogP contribution >= 0.6 is 0 Å². The van der Waals surface area contributed by atoms with Crippen molar-refractivity contribution in [3.63, 3.8) is 0 Å². The van der Waals surface area contributed by atoms with Crippen molar-refractivity contribution in [2.24, 2.45) is 0 Å². The molecule has 17 heavy (non-hydrogen) atoms. The van der Waals surface area contributed by atoms with Gasteiger partial charge in [0.25, 0.3) is 0 Å². The Morgan fingerprint density at radius 1 is 1.12 bits per heavy atom.